The highest BCUT2D eigenvalue weighted by molar-refractivity contribution is 5.80. The first-order valence-corrected chi connectivity index (χ1v) is 9.63. The van der Waals surface area contributed by atoms with Gasteiger partial charge < -0.3 is 13.8 Å². The van der Waals surface area contributed by atoms with Crippen LogP contribution in [-0.4, -0.2) is 19.7 Å². The van der Waals surface area contributed by atoms with E-state index in [1.165, 1.54) is 0 Å². The van der Waals surface area contributed by atoms with Crippen LogP contribution >= 0.6 is 0 Å². The molecule has 0 bridgehead atoms. The van der Waals surface area contributed by atoms with E-state index >= 15 is 0 Å². The molecule has 0 aliphatic rings. The molecule has 29 heavy (non-hydrogen) atoms. The van der Waals surface area contributed by atoms with Crippen molar-refractivity contribution in [3.63, 3.8) is 0 Å². The number of fused-ring (bicyclic) bond motifs is 1. The average molecular weight is 390 g/mol. The van der Waals surface area contributed by atoms with E-state index in [2.05, 4.69) is 15.1 Å². The highest BCUT2D eigenvalue weighted by atomic mass is 16.5. The SMILES string of the molecule is CCCn1c(=O)c(C)nc2cc(-c3noc(C(C)Oc4ccccc4)n3)ccc21. The van der Waals surface area contributed by atoms with Gasteiger partial charge in [-0.15, -0.1) is 0 Å². The molecule has 0 fully saturated rings. The first-order valence-electron chi connectivity index (χ1n) is 9.63. The van der Waals surface area contributed by atoms with Crippen molar-refractivity contribution in [2.24, 2.45) is 0 Å². The molecule has 1 unspecified atom stereocenters. The zero-order chi connectivity index (χ0) is 20.4. The lowest BCUT2D eigenvalue weighted by Gasteiger charge is -2.10. The van der Waals surface area contributed by atoms with Crippen LogP contribution in [0.3, 0.4) is 0 Å². The average Bonchev–Trinajstić information content (AvgIpc) is 3.22. The van der Waals surface area contributed by atoms with Gasteiger partial charge in [0.1, 0.15) is 11.4 Å². The number of aryl methyl sites for hydroxylation is 2. The lowest BCUT2D eigenvalue weighted by atomic mass is 10.1. The lowest BCUT2D eigenvalue weighted by Crippen LogP contribution is -2.24. The standard InChI is InChI=1S/C22H22N4O3/c1-4-12-26-19-11-10-16(13-18(19)23-14(2)22(26)27)20-24-21(29-25-20)15(3)28-17-8-6-5-7-9-17/h5-11,13,15H,4,12H2,1-3H3. The molecule has 2 aromatic carbocycles. The fraction of sp³-hybridized carbons (Fsp3) is 0.273. The molecule has 1 atom stereocenters. The quantitative estimate of drug-likeness (QED) is 0.488. The smallest absolute Gasteiger partial charge is 0.272 e. The molecule has 0 radical (unpaired) electrons. The molecule has 4 rings (SSSR count). The van der Waals surface area contributed by atoms with Crippen molar-refractivity contribution in [1.29, 1.82) is 0 Å². The molecule has 0 aliphatic heterocycles. The first-order chi connectivity index (χ1) is 14.1. The van der Waals surface area contributed by atoms with Gasteiger partial charge in [0.05, 0.1) is 11.0 Å². The third kappa shape index (κ3) is 3.76. The van der Waals surface area contributed by atoms with Crippen LogP contribution in [0.15, 0.2) is 57.8 Å². The Labute approximate surface area is 168 Å². The van der Waals surface area contributed by atoms with E-state index in [1.54, 1.807) is 11.5 Å². The molecule has 0 aliphatic carbocycles. The molecule has 148 valence electrons. The highest BCUT2D eigenvalue weighted by Crippen LogP contribution is 2.25. The summed E-state index contributed by atoms with van der Waals surface area (Å²) in [6, 6.07) is 15.1. The molecule has 0 saturated carbocycles. The van der Waals surface area contributed by atoms with Crippen LogP contribution in [0.2, 0.25) is 0 Å². The second-order valence-electron chi connectivity index (χ2n) is 6.89. The molecule has 0 N–H and O–H groups in total. The number of aromatic nitrogens is 4. The van der Waals surface area contributed by atoms with E-state index in [9.17, 15) is 4.79 Å². The van der Waals surface area contributed by atoms with Crippen LogP contribution in [0.1, 0.15) is 38.0 Å². The molecule has 4 aromatic rings. The Kier molecular flexibility index (Phi) is 5.12. The molecule has 7 nitrogen and oxygen atoms in total. The molecular formula is C22H22N4O3. The van der Waals surface area contributed by atoms with Crippen molar-refractivity contribution >= 4 is 11.0 Å². The number of hydrogen-bond acceptors (Lipinski definition) is 6. The minimum absolute atomic E-state index is 0.0548. The van der Waals surface area contributed by atoms with Gasteiger partial charge in [0.25, 0.3) is 11.4 Å². The van der Waals surface area contributed by atoms with Crippen molar-refractivity contribution < 1.29 is 9.26 Å². The number of para-hydroxylation sites is 1. The third-order valence-electron chi connectivity index (χ3n) is 4.66. The predicted molar refractivity (Wildman–Crippen MR) is 110 cm³/mol. The molecule has 0 spiro atoms. The Balaban J connectivity index is 1.65. The Bertz CT molecular complexity index is 1200. The van der Waals surface area contributed by atoms with Crippen LogP contribution in [0, 0.1) is 6.92 Å². The largest absolute Gasteiger partial charge is 0.481 e. The van der Waals surface area contributed by atoms with E-state index in [4.69, 9.17) is 9.26 Å². The van der Waals surface area contributed by atoms with E-state index < -0.39 is 0 Å². The van der Waals surface area contributed by atoms with Crippen LogP contribution in [0.4, 0.5) is 0 Å². The molecule has 2 aromatic heterocycles. The van der Waals surface area contributed by atoms with Gasteiger partial charge in [-0.25, -0.2) is 4.98 Å². The van der Waals surface area contributed by atoms with Crippen molar-refractivity contribution in [2.75, 3.05) is 0 Å². The number of hydrogen-bond donors (Lipinski definition) is 0. The number of rotatable bonds is 6. The molecular weight excluding hydrogens is 368 g/mol. The van der Waals surface area contributed by atoms with E-state index in [0.29, 0.717) is 24.0 Å². The van der Waals surface area contributed by atoms with E-state index in [-0.39, 0.29) is 11.7 Å². The number of nitrogens with zero attached hydrogens (tertiary/aromatic N) is 4. The number of benzene rings is 2. The monoisotopic (exact) mass is 390 g/mol. The van der Waals surface area contributed by atoms with Crippen LogP contribution in [-0.2, 0) is 6.54 Å². The summed E-state index contributed by atoms with van der Waals surface area (Å²) in [7, 11) is 0. The van der Waals surface area contributed by atoms with Crippen molar-refractivity contribution in [2.45, 2.75) is 39.8 Å². The van der Waals surface area contributed by atoms with Crippen molar-refractivity contribution in [3.8, 4) is 17.1 Å². The molecule has 7 heteroatoms. The van der Waals surface area contributed by atoms with Crippen molar-refractivity contribution in [3.05, 3.63) is 70.5 Å². The van der Waals surface area contributed by atoms with Crippen LogP contribution in [0.5, 0.6) is 5.75 Å². The van der Waals surface area contributed by atoms with E-state index in [1.807, 2.05) is 62.4 Å². The lowest BCUT2D eigenvalue weighted by molar-refractivity contribution is 0.176. The summed E-state index contributed by atoms with van der Waals surface area (Å²) in [6.07, 6.45) is 0.488. The molecule has 2 heterocycles. The fourth-order valence-corrected chi connectivity index (χ4v) is 3.23. The Morgan fingerprint density at radius 3 is 2.69 bits per heavy atom. The second-order valence-corrected chi connectivity index (χ2v) is 6.89. The summed E-state index contributed by atoms with van der Waals surface area (Å²) < 4.78 is 13.0. The van der Waals surface area contributed by atoms with Gasteiger partial charge in [0.2, 0.25) is 5.82 Å². The summed E-state index contributed by atoms with van der Waals surface area (Å²) in [5, 5.41) is 4.09. The predicted octanol–water partition coefficient (Wildman–Crippen LogP) is 4.30. The van der Waals surface area contributed by atoms with Gasteiger partial charge in [-0.05, 0) is 50.6 Å². The minimum atomic E-state index is -0.380. The van der Waals surface area contributed by atoms with E-state index in [0.717, 1.165) is 28.8 Å². The summed E-state index contributed by atoms with van der Waals surface area (Å²) in [6.45, 7) is 6.29. The number of ether oxygens (including phenoxy) is 1. The van der Waals surface area contributed by atoms with Gasteiger partial charge in [-0.1, -0.05) is 30.3 Å². The summed E-state index contributed by atoms with van der Waals surface area (Å²) in [5.74, 6) is 1.58. The Morgan fingerprint density at radius 2 is 1.93 bits per heavy atom. The maximum atomic E-state index is 12.4. The van der Waals surface area contributed by atoms with Gasteiger partial charge in [-0.2, -0.15) is 4.98 Å². The van der Waals surface area contributed by atoms with Crippen molar-refractivity contribution in [1.82, 2.24) is 19.7 Å². The maximum Gasteiger partial charge on any atom is 0.272 e. The fourth-order valence-electron chi connectivity index (χ4n) is 3.23. The second kappa shape index (κ2) is 7.87. The summed E-state index contributed by atoms with van der Waals surface area (Å²) >= 11 is 0. The summed E-state index contributed by atoms with van der Waals surface area (Å²) in [5.41, 5.74) is 2.72. The first kappa shape index (κ1) is 18.9. The molecule has 0 saturated heterocycles. The Morgan fingerprint density at radius 1 is 1.14 bits per heavy atom. The van der Waals surface area contributed by atoms with Gasteiger partial charge >= 0.3 is 0 Å². The minimum Gasteiger partial charge on any atom is -0.481 e. The van der Waals surface area contributed by atoms with Gasteiger partial charge in [-0.3, -0.25) is 4.79 Å². The summed E-state index contributed by atoms with van der Waals surface area (Å²) in [4.78, 5) is 21.3. The zero-order valence-corrected chi connectivity index (χ0v) is 16.6. The van der Waals surface area contributed by atoms with Gasteiger partial charge in [0.15, 0.2) is 6.10 Å². The topological polar surface area (TPSA) is 83.0 Å². The molecule has 0 amide bonds. The van der Waals surface area contributed by atoms with Crippen LogP contribution < -0.4 is 10.3 Å². The third-order valence-corrected chi connectivity index (χ3v) is 4.66. The highest BCUT2D eigenvalue weighted by Gasteiger charge is 2.18. The Hall–Kier alpha value is -3.48. The van der Waals surface area contributed by atoms with Gasteiger partial charge in [0, 0.05) is 12.1 Å². The zero-order valence-electron chi connectivity index (χ0n) is 16.6. The normalized spacial score (nSPS) is 12.2. The van der Waals surface area contributed by atoms with Crippen LogP contribution in [0.25, 0.3) is 22.4 Å². The maximum absolute atomic E-state index is 12.4.